The highest BCUT2D eigenvalue weighted by atomic mass is 16.5. The molecule has 1 aromatic heterocycles. The Labute approximate surface area is 90.1 Å². The van der Waals surface area contributed by atoms with Gasteiger partial charge in [-0.25, -0.2) is 9.97 Å². The van der Waals surface area contributed by atoms with Crippen LogP contribution in [0.25, 0.3) is 0 Å². The first-order valence-corrected chi connectivity index (χ1v) is 5.00. The fraction of sp³-hybridized carbons (Fsp3) is 0.600. The number of nitrogens with two attached hydrogens (primary N) is 1. The second-order valence-electron chi connectivity index (χ2n) is 3.46. The van der Waals surface area contributed by atoms with Crippen LogP contribution in [0.5, 0.6) is 0 Å². The average Bonchev–Trinajstić information content (AvgIpc) is 2.22. The molecule has 1 rings (SSSR count). The highest BCUT2D eigenvalue weighted by Gasteiger charge is 2.08. The number of ether oxygens (including phenoxy) is 1. The van der Waals surface area contributed by atoms with Gasteiger partial charge in [-0.3, -0.25) is 0 Å². The second-order valence-corrected chi connectivity index (χ2v) is 3.46. The first-order valence-electron chi connectivity index (χ1n) is 5.00. The molecule has 0 saturated heterocycles. The molecule has 0 spiro atoms. The lowest BCUT2D eigenvalue weighted by Crippen LogP contribution is -2.28. The molecule has 0 aliphatic carbocycles. The minimum absolute atomic E-state index is 0.169. The van der Waals surface area contributed by atoms with E-state index >= 15 is 0 Å². The monoisotopic (exact) mass is 210 g/mol. The lowest BCUT2D eigenvalue weighted by Gasteiger charge is -2.16. The van der Waals surface area contributed by atoms with E-state index in [0.29, 0.717) is 19.1 Å². The van der Waals surface area contributed by atoms with Crippen LogP contribution >= 0.6 is 0 Å². The van der Waals surface area contributed by atoms with E-state index in [4.69, 9.17) is 10.5 Å². The Morgan fingerprint density at radius 3 is 2.67 bits per heavy atom. The van der Waals surface area contributed by atoms with Crippen LogP contribution in [-0.2, 0) is 4.74 Å². The Morgan fingerprint density at radius 2 is 2.13 bits per heavy atom. The molecule has 0 aliphatic rings. The lowest BCUT2D eigenvalue weighted by molar-refractivity contribution is 0.183. The molecule has 0 radical (unpaired) electrons. The van der Waals surface area contributed by atoms with Crippen molar-refractivity contribution >= 4 is 5.95 Å². The van der Waals surface area contributed by atoms with E-state index in [1.165, 1.54) is 0 Å². The topological polar surface area (TPSA) is 73.1 Å². The summed E-state index contributed by atoms with van der Waals surface area (Å²) in [5.74, 6) is 0.621. The maximum absolute atomic E-state index is 5.50. The van der Waals surface area contributed by atoms with Gasteiger partial charge in [-0.2, -0.15) is 0 Å². The first-order chi connectivity index (χ1) is 7.26. The standard InChI is InChI=1S/C10H18N4O/c1-8-5-12-10(13-6-8)14-9(3-4-11)7-15-2/h5-6,9H,3-4,7,11H2,1-2H3,(H,12,13,14). The molecule has 84 valence electrons. The summed E-state index contributed by atoms with van der Waals surface area (Å²) in [6, 6.07) is 0.169. The Hall–Kier alpha value is -1.20. The molecular weight excluding hydrogens is 192 g/mol. The predicted octanol–water partition coefficient (Wildman–Crippen LogP) is 0.561. The summed E-state index contributed by atoms with van der Waals surface area (Å²) >= 11 is 0. The number of methoxy groups -OCH3 is 1. The quantitative estimate of drug-likeness (QED) is 0.717. The van der Waals surface area contributed by atoms with E-state index in [-0.39, 0.29) is 6.04 Å². The van der Waals surface area contributed by atoms with Crippen molar-refractivity contribution in [1.29, 1.82) is 0 Å². The molecule has 5 heteroatoms. The second kappa shape index (κ2) is 6.31. The molecule has 0 aliphatic heterocycles. The highest BCUT2D eigenvalue weighted by molar-refractivity contribution is 5.25. The number of nitrogens with zero attached hydrogens (tertiary/aromatic N) is 2. The van der Waals surface area contributed by atoms with Gasteiger partial charge in [0.1, 0.15) is 0 Å². The van der Waals surface area contributed by atoms with Gasteiger partial charge in [0.15, 0.2) is 0 Å². The van der Waals surface area contributed by atoms with Gasteiger partial charge in [-0.15, -0.1) is 0 Å². The Morgan fingerprint density at radius 1 is 1.47 bits per heavy atom. The van der Waals surface area contributed by atoms with Crippen molar-refractivity contribution in [3.05, 3.63) is 18.0 Å². The van der Waals surface area contributed by atoms with Gasteiger partial charge < -0.3 is 15.8 Å². The third kappa shape index (κ3) is 4.22. The van der Waals surface area contributed by atoms with Crippen LogP contribution in [0.15, 0.2) is 12.4 Å². The van der Waals surface area contributed by atoms with Crippen molar-refractivity contribution < 1.29 is 4.74 Å². The van der Waals surface area contributed by atoms with Crippen LogP contribution in [0.4, 0.5) is 5.95 Å². The largest absolute Gasteiger partial charge is 0.383 e. The summed E-state index contributed by atoms with van der Waals surface area (Å²) in [4.78, 5) is 8.33. The number of hydrogen-bond acceptors (Lipinski definition) is 5. The molecule has 15 heavy (non-hydrogen) atoms. The number of hydrogen-bond donors (Lipinski definition) is 2. The van der Waals surface area contributed by atoms with E-state index in [9.17, 15) is 0 Å². The average molecular weight is 210 g/mol. The minimum atomic E-state index is 0.169. The van der Waals surface area contributed by atoms with Crippen molar-refractivity contribution in [1.82, 2.24) is 9.97 Å². The molecule has 1 unspecified atom stereocenters. The van der Waals surface area contributed by atoms with Crippen LogP contribution in [0, 0.1) is 6.92 Å². The van der Waals surface area contributed by atoms with E-state index in [0.717, 1.165) is 12.0 Å². The van der Waals surface area contributed by atoms with Crippen molar-refractivity contribution in [2.24, 2.45) is 5.73 Å². The molecule has 1 heterocycles. The maximum Gasteiger partial charge on any atom is 0.222 e. The third-order valence-electron chi connectivity index (χ3n) is 2.00. The highest BCUT2D eigenvalue weighted by Crippen LogP contribution is 2.03. The summed E-state index contributed by atoms with van der Waals surface area (Å²) in [5.41, 5.74) is 6.55. The van der Waals surface area contributed by atoms with E-state index in [1.807, 2.05) is 6.92 Å². The smallest absolute Gasteiger partial charge is 0.222 e. The maximum atomic E-state index is 5.50. The van der Waals surface area contributed by atoms with Crippen LogP contribution in [0.1, 0.15) is 12.0 Å². The molecular formula is C10H18N4O. The fourth-order valence-electron chi connectivity index (χ4n) is 1.25. The molecule has 0 bridgehead atoms. The third-order valence-corrected chi connectivity index (χ3v) is 2.00. The molecule has 3 N–H and O–H groups in total. The van der Waals surface area contributed by atoms with Crippen LogP contribution in [0.3, 0.4) is 0 Å². The van der Waals surface area contributed by atoms with Crippen molar-refractivity contribution in [2.45, 2.75) is 19.4 Å². The molecule has 0 fully saturated rings. The minimum Gasteiger partial charge on any atom is -0.383 e. The summed E-state index contributed by atoms with van der Waals surface area (Å²) < 4.78 is 5.08. The number of aromatic nitrogens is 2. The lowest BCUT2D eigenvalue weighted by atomic mass is 10.2. The molecule has 0 saturated carbocycles. The number of rotatable bonds is 6. The molecule has 0 aromatic carbocycles. The van der Waals surface area contributed by atoms with Gasteiger partial charge in [0.25, 0.3) is 0 Å². The fourth-order valence-corrected chi connectivity index (χ4v) is 1.25. The molecule has 5 nitrogen and oxygen atoms in total. The van der Waals surface area contributed by atoms with E-state index < -0.39 is 0 Å². The van der Waals surface area contributed by atoms with E-state index in [2.05, 4.69) is 15.3 Å². The van der Waals surface area contributed by atoms with Crippen molar-refractivity contribution in [3.63, 3.8) is 0 Å². The van der Waals surface area contributed by atoms with Crippen LogP contribution in [-0.4, -0.2) is 36.3 Å². The van der Waals surface area contributed by atoms with Gasteiger partial charge in [-0.05, 0) is 25.5 Å². The number of aryl methyl sites for hydroxylation is 1. The van der Waals surface area contributed by atoms with Crippen molar-refractivity contribution in [2.75, 3.05) is 25.6 Å². The summed E-state index contributed by atoms with van der Waals surface area (Å²) in [7, 11) is 1.67. The predicted molar refractivity (Wildman–Crippen MR) is 59.7 cm³/mol. The summed E-state index contributed by atoms with van der Waals surface area (Å²) in [6.45, 7) is 3.18. The zero-order valence-corrected chi connectivity index (χ0v) is 9.23. The zero-order valence-electron chi connectivity index (χ0n) is 9.23. The number of anilines is 1. The normalized spacial score (nSPS) is 12.5. The van der Waals surface area contributed by atoms with Crippen LogP contribution < -0.4 is 11.1 Å². The SMILES string of the molecule is COCC(CCN)Nc1ncc(C)cn1. The Bertz CT molecular complexity index is 269. The Balaban J connectivity index is 2.53. The van der Waals surface area contributed by atoms with Gasteiger partial charge in [0.05, 0.1) is 12.6 Å². The molecule has 0 amide bonds. The van der Waals surface area contributed by atoms with Gasteiger partial charge in [0, 0.05) is 19.5 Å². The van der Waals surface area contributed by atoms with Gasteiger partial charge in [0.2, 0.25) is 5.95 Å². The Kier molecular flexibility index (Phi) is 5.00. The van der Waals surface area contributed by atoms with Crippen molar-refractivity contribution in [3.8, 4) is 0 Å². The van der Waals surface area contributed by atoms with Gasteiger partial charge in [-0.1, -0.05) is 0 Å². The van der Waals surface area contributed by atoms with E-state index in [1.54, 1.807) is 19.5 Å². The molecule has 1 aromatic rings. The first kappa shape index (κ1) is 11.9. The van der Waals surface area contributed by atoms with Crippen LogP contribution in [0.2, 0.25) is 0 Å². The van der Waals surface area contributed by atoms with Gasteiger partial charge >= 0.3 is 0 Å². The number of nitrogens with one attached hydrogen (secondary N) is 1. The summed E-state index contributed by atoms with van der Waals surface area (Å²) in [6.07, 6.45) is 4.40. The molecule has 1 atom stereocenters. The zero-order chi connectivity index (χ0) is 11.1. The summed E-state index contributed by atoms with van der Waals surface area (Å²) in [5, 5.41) is 3.18.